The second-order valence-electron chi connectivity index (χ2n) is 8.13. The van der Waals surface area contributed by atoms with E-state index in [-0.39, 0.29) is 11.9 Å². The average molecular weight is 461 g/mol. The zero-order valence-electron chi connectivity index (χ0n) is 17.9. The second-order valence-corrected chi connectivity index (χ2v) is 8.97. The first-order valence-electron chi connectivity index (χ1n) is 10.9. The van der Waals surface area contributed by atoms with Crippen molar-refractivity contribution in [2.75, 3.05) is 11.4 Å². The second kappa shape index (κ2) is 9.58. The van der Waals surface area contributed by atoms with Crippen LogP contribution in [-0.2, 0) is 6.42 Å². The van der Waals surface area contributed by atoms with Crippen LogP contribution in [0.5, 0.6) is 0 Å². The van der Waals surface area contributed by atoms with Crippen LogP contribution >= 0.6 is 23.2 Å². The van der Waals surface area contributed by atoms with Crippen molar-refractivity contribution in [1.82, 2.24) is 14.8 Å². The zero-order valence-corrected chi connectivity index (χ0v) is 19.4. The van der Waals surface area contributed by atoms with Gasteiger partial charge in [-0.25, -0.2) is 9.07 Å². The molecule has 1 heterocycles. The van der Waals surface area contributed by atoms with E-state index in [1.165, 1.54) is 25.0 Å². The molecule has 1 aromatic heterocycles. The summed E-state index contributed by atoms with van der Waals surface area (Å²) in [6, 6.07) is 12.4. The largest absolute Gasteiger partial charge is 0.332 e. The predicted molar refractivity (Wildman–Crippen MR) is 125 cm³/mol. The number of hydrogen-bond donors (Lipinski definition) is 0. The van der Waals surface area contributed by atoms with Gasteiger partial charge in [-0.1, -0.05) is 62.0 Å². The summed E-state index contributed by atoms with van der Waals surface area (Å²) in [6.45, 7) is 5.02. The summed E-state index contributed by atoms with van der Waals surface area (Å²) in [6.07, 6.45) is 5.19. The first kappa shape index (κ1) is 22.1. The third-order valence-electron chi connectivity index (χ3n) is 5.72. The molecular weight excluding hydrogens is 434 g/mol. The van der Waals surface area contributed by atoms with Crippen molar-refractivity contribution in [2.45, 2.75) is 52.0 Å². The Morgan fingerprint density at radius 2 is 1.87 bits per heavy atom. The molecular formula is C24H27Cl2FN4. The minimum atomic E-state index is -0.219. The minimum Gasteiger partial charge on any atom is -0.332 e. The topological polar surface area (TPSA) is 34.0 Å². The van der Waals surface area contributed by atoms with Crippen molar-refractivity contribution in [2.24, 2.45) is 5.92 Å². The summed E-state index contributed by atoms with van der Waals surface area (Å²) >= 11 is 12.6. The molecule has 0 amide bonds. The van der Waals surface area contributed by atoms with Gasteiger partial charge in [0.15, 0.2) is 0 Å². The van der Waals surface area contributed by atoms with Gasteiger partial charge in [0.1, 0.15) is 11.6 Å². The zero-order chi connectivity index (χ0) is 22.0. The summed E-state index contributed by atoms with van der Waals surface area (Å²) in [5.41, 5.74) is 1.86. The Balaban J connectivity index is 1.75. The molecule has 1 aliphatic carbocycles. The highest BCUT2D eigenvalue weighted by Crippen LogP contribution is 2.41. The highest BCUT2D eigenvalue weighted by Gasteiger charge is 2.32. The van der Waals surface area contributed by atoms with Crippen LogP contribution in [0.2, 0.25) is 10.0 Å². The number of anilines is 1. The van der Waals surface area contributed by atoms with E-state index in [1.807, 2.05) is 28.9 Å². The van der Waals surface area contributed by atoms with Gasteiger partial charge in [-0.3, -0.25) is 0 Å². The highest BCUT2D eigenvalue weighted by atomic mass is 35.5. The van der Waals surface area contributed by atoms with Gasteiger partial charge in [-0.2, -0.15) is 4.98 Å². The van der Waals surface area contributed by atoms with Gasteiger partial charge in [0.05, 0.1) is 16.8 Å². The molecule has 1 fully saturated rings. The lowest BCUT2D eigenvalue weighted by atomic mass is 9.99. The van der Waals surface area contributed by atoms with Crippen LogP contribution in [0.1, 0.15) is 57.0 Å². The number of rotatable bonds is 9. The molecule has 31 heavy (non-hydrogen) atoms. The lowest BCUT2D eigenvalue weighted by molar-refractivity contribution is 0.525. The van der Waals surface area contributed by atoms with Crippen molar-refractivity contribution in [3.05, 3.63) is 69.7 Å². The lowest BCUT2D eigenvalue weighted by Gasteiger charge is -2.31. The molecule has 1 aliphatic rings. The lowest BCUT2D eigenvalue weighted by Crippen LogP contribution is -2.31. The third-order valence-corrected chi connectivity index (χ3v) is 6.26. The van der Waals surface area contributed by atoms with E-state index in [1.54, 1.807) is 6.07 Å². The fraction of sp³-hybridized carbons (Fsp3) is 0.417. The van der Waals surface area contributed by atoms with E-state index in [2.05, 4.69) is 18.7 Å². The van der Waals surface area contributed by atoms with E-state index in [9.17, 15) is 4.39 Å². The van der Waals surface area contributed by atoms with E-state index in [4.69, 9.17) is 33.3 Å². The highest BCUT2D eigenvalue weighted by molar-refractivity contribution is 6.35. The molecule has 164 valence electrons. The minimum absolute atomic E-state index is 0.106. The molecule has 4 rings (SSSR count). The predicted octanol–water partition coefficient (Wildman–Crippen LogP) is 7.03. The van der Waals surface area contributed by atoms with E-state index >= 15 is 0 Å². The summed E-state index contributed by atoms with van der Waals surface area (Å²) < 4.78 is 15.4. The SMILES string of the molecule is CCCN(c1nc(CC)n(-c2ccc(Cl)cc2Cl)n1)[C@@H](CC1CC1)c1ccc(F)cc1. The van der Waals surface area contributed by atoms with E-state index < -0.39 is 0 Å². The quantitative estimate of drug-likeness (QED) is 0.343. The van der Waals surface area contributed by atoms with Gasteiger partial charge in [0.2, 0.25) is 5.95 Å². The molecule has 0 radical (unpaired) electrons. The van der Waals surface area contributed by atoms with Crippen molar-refractivity contribution >= 4 is 29.2 Å². The normalized spacial score (nSPS) is 14.6. The number of aromatic nitrogens is 3. The van der Waals surface area contributed by atoms with E-state index in [0.717, 1.165) is 42.9 Å². The Kier molecular flexibility index (Phi) is 6.83. The van der Waals surface area contributed by atoms with Crippen molar-refractivity contribution in [3.8, 4) is 5.69 Å². The maximum atomic E-state index is 13.6. The fourth-order valence-corrected chi connectivity index (χ4v) is 4.45. The molecule has 0 aliphatic heterocycles. The van der Waals surface area contributed by atoms with Gasteiger partial charge in [0, 0.05) is 18.0 Å². The van der Waals surface area contributed by atoms with Gasteiger partial charge in [-0.05, 0) is 54.7 Å². The summed E-state index contributed by atoms with van der Waals surface area (Å²) in [5.74, 6) is 2.00. The Labute approximate surface area is 193 Å². The van der Waals surface area contributed by atoms with Gasteiger partial charge in [0.25, 0.3) is 0 Å². The number of benzene rings is 2. The Bertz CT molecular complexity index is 1030. The Morgan fingerprint density at radius 1 is 1.13 bits per heavy atom. The molecule has 7 heteroatoms. The summed E-state index contributed by atoms with van der Waals surface area (Å²) in [4.78, 5) is 7.16. The van der Waals surface area contributed by atoms with E-state index in [0.29, 0.717) is 21.9 Å². The summed E-state index contributed by atoms with van der Waals surface area (Å²) in [5, 5.41) is 6.00. The molecule has 4 nitrogen and oxygen atoms in total. The summed E-state index contributed by atoms with van der Waals surface area (Å²) in [7, 11) is 0. The fourth-order valence-electron chi connectivity index (χ4n) is 3.96. The standard InChI is InChI=1S/C24H27Cl2FN4/c1-3-13-30(22(14-16-5-6-16)17-7-10-19(27)11-8-17)24-28-23(4-2)31(29-24)21-12-9-18(25)15-20(21)26/h7-12,15-16,22H,3-6,13-14H2,1-2H3/t22-/m0/s1. The van der Waals surface area contributed by atoms with Crippen LogP contribution in [-0.4, -0.2) is 21.3 Å². The van der Waals surface area contributed by atoms with Crippen molar-refractivity contribution < 1.29 is 4.39 Å². The first-order chi connectivity index (χ1) is 15.0. The number of halogens is 3. The van der Waals surface area contributed by atoms with Crippen LogP contribution in [0.3, 0.4) is 0 Å². The molecule has 1 atom stereocenters. The van der Waals surface area contributed by atoms with Gasteiger partial charge >= 0.3 is 0 Å². The molecule has 3 aromatic rings. The smallest absolute Gasteiger partial charge is 0.245 e. The van der Waals surface area contributed by atoms with Crippen LogP contribution in [0.15, 0.2) is 42.5 Å². The molecule has 0 N–H and O–H groups in total. The van der Waals surface area contributed by atoms with Crippen LogP contribution in [0.25, 0.3) is 5.69 Å². The maximum Gasteiger partial charge on any atom is 0.245 e. The number of nitrogens with zero attached hydrogens (tertiary/aromatic N) is 4. The van der Waals surface area contributed by atoms with Crippen molar-refractivity contribution in [3.63, 3.8) is 0 Å². The molecule has 2 aromatic carbocycles. The first-order valence-corrected chi connectivity index (χ1v) is 11.7. The van der Waals surface area contributed by atoms with Crippen LogP contribution in [0.4, 0.5) is 10.3 Å². The van der Waals surface area contributed by atoms with Crippen LogP contribution in [0, 0.1) is 11.7 Å². The Hall–Kier alpha value is -2.11. The Morgan fingerprint density at radius 3 is 2.48 bits per heavy atom. The number of aryl methyl sites for hydroxylation is 1. The third kappa shape index (κ3) is 5.04. The molecule has 0 unspecified atom stereocenters. The molecule has 0 saturated heterocycles. The average Bonchev–Trinajstić information content (AvgIpc) is 3.48. The maximum absolute atomic E-state index is 13.6. The van der Waals surface area contributed by atoms with Crippen LogP contribution < -0.4 is 4.90 Å². The molecule has 1 saturated carbocycles. The monoisotopic (exact) mass is 460 g/mol. The number of hydrogen-bond acceptors (Lipinski definition) is 3. The molecule has 0 spiro atoms. The molecule has 0 bridgehead atoms. The van der Waals surface area contributed by atoms with Crippen molar-refractivity contribution in [1.29, 1.82) is 0 Å². The van der Waals surface area contributed by atoms with Gasteiger partial charge in [-0.15, -0.1) is 5.10 Å². The van der Waals surface area contributed by atoms with Gasteiger partial charge < -0.3 is 4.90 Å².